The van der Waals surface area contributed by atoms with Gasteiger partial charge in [0.2, 0.25) is 0 Å². The molecule has 1 saturated heterocycles. The van der Waals surface area contributed by atoms with Crippen LogP contribution in [0.5, 0.6) is 0 Å². The maximum atomic E-state index is 12.4. The zero-order chi connectivity index (χ0) is 18.8. The van der Waals surface area contributed by atoms with E-state index in [4.69, 9.17) is 0 Å². The molecule has 0 spiro atoms. The van der Waals surface area contributed by atoms with E-state index >= 15 is 0 Å². The zero-order valence-corrected chi connectivity index (χ0v) is 16.0. The van der Waals surface area contributed by atoms with E-state index in [0.29, 0.717) is 18.0 Å². The van der Waals surface area contributed by atoms with E-state index in [9.17, 15) is 4.79 Å². The van der Waals surface area contributed by atoms with Gasteiger partial charge in [0.05, 0.1) is 11.3 Å². The van der Waals surface area contributed by atoms with Gasteiger partial charge in [-0.15, -0.1) is 0 Å². The van der Waals surface area contributed by atoms with Crippen molar-refractivity contribution in [2.24, 2.45) is 0 Å². The molecule has 1 aromatic carbocycles. The van der Waals surface area contributed by atoms with Gasteiger partial charge in [0.15, 0.2) is 0 Å². The van der Waals surface area contributed by atoms with Crippen molar-refractivity contribution >= 4 is 11.6 Å². The monoisotopic (exact) mass is 362 g/mol. The van der Waals surface area contributed by atoms with Crippen LogP contribution in [-0.2, 0) is 0 Å². The maximum absolute atomic E-state index is 12.4. The number of hydrogen-bond donors (Lipinski definition) is 1. The molecule has 1 N–H and O–H groups in total. The van der Waals surface area contributed by atoms with E-state index in [0.717, 1.165) is 31.0 Å². The molecule has 5 heteroatoms. The molecule has 3 aromatic rings. The van der Waals surface area contributed by atoms with Crippen LogP contribution in [0.1, 0.15) is 39.5 Å². The minimum Gasteiger partial charge on any atom is -0.351 e. The molecular weight excluding hydrogens is 336 g/mol. The number of fused-ring (bicyclic) bond motifs is 1. The molecule has 1 aliphatic rings. The highest BCUT2D eigenvalue weighted by atomic mass is 16.1. The maximum Gasteiger partial charge on any atom is 0.252 e. The van der Waals surface area contributed by atoms with Crippen LogP contribution in [0.2, 0.25) is 0 Å². The van der Waals surface area contributed by atoms with Crippen molar-refractivity contribution in [1.82, 2.24) is 19.6 Å². The molecule has 0 saturated carbocycles. The Hall–Kier alpha value is -2.66. The summed E-state index contributed by atoms with van der Waals surface area (Å²) in [6.45, 7) is 7.86. The van der Waals surface area contributed by atoms with Gasteiger partial charge in [-0.2, -0.15) is 0 Å². The van der Waals surface area contributed by atoms with Gasteiger partial charge >= 0.3 is 0 Å². The van der Waals surface area contributed by atoms with Crippen molar-refractivity contribution in [3.63, 3.8) is 0 Å². The highest BCUT2D eigenvalue weighted by molar-refractivity contribution is 5.94. The van der Waals surface area contributed by atoms with E-state index in [1.165, 1.54) is 17.5 Å². The topological polar surface area (TPSA) is 49.6 Å². The van der Waals surface area contributed by atoms with Crippen LogP contribution >= 0.6 is 0 Å². The third-order valence-electron chi connectivity index (χ3n) is 5.45. The number of carbonyl (C=O) groups excluding carboxylic acids is 1. The van der Waals surface area contributed by atoms with E-state index in [2.05, 4.69) is 46.4 Å². The molecule has 5 nitrogen and oxygen atoms in total. The Bertz CT molecular complexity index is 962. The van der Waals surface area contributed by atoms with Crippen LogP contribution in [0.3, 0.4) is 0 Å². The number of nitrogens with one attached hydrogen (secondary N) is 1. The summed E-state index contributed by atoms with van der Waals surface area (Å²) >= 11 is 0. The first-order chi connectivity index (χ1) is 13.1. The number of aryl methyl sites for hydroxylation is 2. The summed E-state index contributed by atoms with van der Waals surface area (Å²) in [4.78, 5) is 19.3. The molecule has 1 unspecified atom stereocenters. The van der Waals surface area contributed by atoms with Crippen molar-refractivity contribution in [3.05, 3.63) is 71.2 Å². The summed E-state index contributed by atoms with van der Waals surface area (Å²) in [5.41, 5.74) is 5.32. The number of amides is 1. The van der Waals surface area contributed by atoms with Gasteiger partial charge in [0, 0.05) is 32.0 Å². The fraction of sp³-hybridized carbons (Fsp3) is 0.364. The van der Waals surface area contributed by atoms with Gasteiger partial charge in [-0.25, -0.2) is 4.98 Å². The highest BCUT2D eigenvalue weighted by Gasteiger charge is 2.24. The van der Waals surface area contributed by atoms with Crippen LogP contribution in [0.25, 0.3) is 5.65 Å². The zero-order valence-electron chi connectivity index (χ0n) is 16.0. The molecule has 27 heavy (non-hydrogen) atoms. The van der Waals surface area contributed by atoms with Gasteiger partial charge < -0.3 is 14.6 Å². The van der Waals surface area contributed by atoms with Crippen molar-refractivity contribution in [1.29, 1.82) is 0 Å². The van der Waals surface area contributed by atoms with Gasteiger partial charge in [0.1, 0.15) is 5.65 Å². The van der Waals surface area contributed by atoms with Gasteiger partial charge in [-0.3, -0.25) is 4.79 Å². The summed E-state index contributed by atoms with van der Waals surface area (Å²) < 4.78 is 1.90. The number of imidazole rings is 1. The smallest absolute Gasteiger partial charge is 0.252 e. The Morgan fingerprint density at radius 3 is 2.89 bits per heavy atom. The van der Waals surface area contributed by atoms with Crippen molar-refractivity contribution in [2.75, 3.05) is 26.2 Å². The lowest BCUT2D eigenvalue weighted by molar-refractivity contribution is 0.0949. The Balaban J connectivity index is 1.29. The quantitative estimate of drug-likeness (QED) is 0.758. The number of benzene rings is 1. The Kier molecular flexibility index (Phi) is 4.94. The second kappa shape index (κ2) is 7.53. The fourth-order valence-electron chi connectivity index (χ4n) is 4.02. The minimum atomic E-state index is -0.0297. The third-order valence-corrected chi connectivity index (χ3v) is 5.45. The van der Waals surface area contributed by atoms with E-state index < -0.39 is 0 Å². The predicted molar refractivity (Wildman–Crippen MR) is 107 cm³/mol. The average molecular weight is 362 g/mol. The lowest BCUT2D eigenvalue weighted by Crippen LogP contribution is -2.33. The Labute approximate surface area is 160 Å². The number of nitrogens with zero attached hydrogens (tertiary/aromatic N) is 3. The van der Waals surface area contributed by atoms with Crippen molar-refractivity contribution in [2.45, 2.75) is 26.2 Å². The molecule has 3 heterocycles. The average Bonchev–Trinajstić information content (AvgIpc) is 3.27. The molecule has 4 rings (SSSR count). The van der Waals surface area contributed by atoms with Gasteiger partial charge in [-0.05, 0) is 56.0 Å². The first kappa shape index (κ1) is 17.7. The van der Waals surface area contributed by atoms with Crippen LogP contribution in [0.15, 0.2) is 48.8 Å². The summed E-state index contributed by atoms with van der Waals surface area (Å²) in [5.74, 6) is 0.576. The van der Waals surface area contributed by atoms with E-state index in [-0.39, 0.29) is 5.91 Å². The summed E-state index contributed by atoms with van der Waals surface area (Å²) in [6.07, 6.45) is 4.96. The van der Waals surface area contributed by atoms with Crippen LogP contribution in [0.4, 0.5) is 0 Å². The summed E-state index contributed by atoms with van der Waals surface area (Å²) in [6, 6.07) is 12.4. The van der Waals surface area contributed by atoms with Crippen LogP contribution in [0, 0.1) is 13.8 Å². The molecule has 1 fully saturated rings. The second-order valence-corrected chi connectivity index (χ2v) is 7.46. The largest absolute Gasteiger partial charge is 0.351 e. The number of likely N-dealkylation sites (tertiary alicyclic amines) is 1. The fourth-order valence-corrected chi connectivity index (χ4v) is 4.02. The predicted octanol–water partition coefficient (Wildman–Crippen LogP) is 3.17. The molecule has 1 atom stereocenters. The summed E-state index contributed by atoms with van der Waals surface area (Å²) in [5, 5.41) is 3.05. The van der Waals surface area contributed by atoms with Gasteiger partial charge in [-0.1, -0.05) is 24.3 Å². The molecule has 0 aliphatic carbocycles. The van der Waals surface area contributed by atoms with E-state index in [1.54, 1.807) is 0 Å². The molecular formula is C22H26N4O. The molecule has 0 radical (unpaired) electrons. The minimum absolute atomic E-state index is 0.0297. The van der Waals surface area contributed by atoms with Crippen LogP contribution in [-0.4, -0.2) is 46.4 Å². The summed E-state index contributed by atoms with van der Waals surface area (Å²) in [7, 11) is 0. The second-order valence-electron chi connectivity index (χ2n) is 7.46. The number of carbonyl (C=O) groups is 1. The van der Waals surface area contributed by atoms with Gasteiger partial charge in [0.25, 0.3) is 5.91 Å². The first-order valence-corrected chi connectivity index (χ1v) is 9.61. The number of rotatable bonds is 5. The number of aromatic nitrogens is 2. The standard InChI is InChI=1S/C22H26N4O/c1-16-5-3-4-6-20(16)18-9-11-25(14-18)12-10-23-22(27)19-7-8-21-24-17(2)13-26(21)15-19/h3-8,13,15,18H,9-12,14H2,1-2H3,(H,23,27). The highest BCUT2D eigenvalue weighted by Crippen LogP contribution is 2.28. The molecule has 0 bridgehead atoms. The normalized spacial score (nSPS) is 17.5. The van der Waals surface area contributed by atoms with Crippen molar-refractivity contribution in [3.8, 4) is 0 Å². The molecule has 2 aromatic heterocycles. The van der Waals surface area contributed by atoms with Crippen LogP contribution < -0.4 is 5.32 Å². The number of pyridine rings is 1. The Morgan fingerprint density at radius 1 is 1.19 bits per heavy atom. The molecule has 1 amide bonds. The molecule has 1 aliphatic heterocycles. The SMILES string of the molecule is Cc1cn2cc(C(=O)NCCN3CCC(c4ccccc4C)C3)ccc2n1. The van der Waals surface area contributed by atoms with Crippen molar-refractivity contribution < 1.29 is 4.79 Å². The lowest BCUT2D eigenvalue weighted by atomic mass is 9.94. The van der Waals surface area contributed by atoms with E-state index in [1.807, 2.05) is 35.9 Å². The molecule has 140 valence electrons. The number of hydrogen-bond acceptors (Lipinski definition) is 3. The Morgan fingerprint density at radius 2 is 2.04 bits per heavy atom. The third kappa shape index (κ3) is 3.88. The first-order valence-electron chi connectivity index (χ1n) is 9.61. The lowest BCUT2D eigenvalue weighted by Gasteiger charge is -2.17.